The number of rotatable bonds is 3. The summed E-state index contributed by atoms with van der Waals surface area (Å²) >= 11 is 3.98. The molecule has 1 aliphatic heterocycles. The average molecular weight is 297 g/mol. The summed E-state index contributed by atoms with van der Waals surface area (Å²) in [5.41, 5.74) is 5.81. The Labute approximate surface area is 118 Å². The molecule has 0 spiro atoms. The number of nitrogens with one attached hydrogen (secondary N) is 1. The second-order valence-electron chi connectivity index (χ2n) is 4.58. The molecular weight excluding hydrogens is 276 g/mol. The molecule has 0 aromatic heterocycles. The molecule has 0 aromatic carbocycles. The Morgan fingerprint density at radius 2 is 2.18 bits per heavy atom. The van der Waals surface area contributed by atoms with Crippen molar-refractivity contribution in [3.8, 4) is 0 Å². The van der Waals surface area contributed by atoms with E-state index in [0.717, 1.165) is 25.8 Å². The second-order valence-corrected chi connectivity index (χ2v) is 7.14. The van der Waals surface area contributed by atoms with Crippen LogP contribution in [0.15, 0.2) is 0 Å². The first kappa shape index (κ1) is 15.5. The van der Waals surface area contributed by atoms with E-state index in [1.54, 1.807) is 0 Å². The van der Waals surface area contributed by atoms with Gasteiger partial charge in [-0.25, -0.2) is 0 Å². The van der Waals surface area contributed by atoms with E-state index in [0.29, 0.717) is 5.25 Å². The van der Waals surface area contributed by atoms with Crippen LogP contribution in [-0.2, 0) is 4.79 Å². The fourth-order valence-corrected chi connectivity index (χ4v) is 4.88. The number of nitrogens with two attached hydrogens (primary N) is 1. The summed E-state index contributed by atoms with van der Waals surface area (Å²) in [6.45, 7) is 0.836. The topological polar surface area (TPSA) is 55.1 Å². The molecule has 2 aliphatic rings. The van der Waals surface area contributed by atoms with Crippen LogP contribution < -0.4 is 11.1 Å². The predicted molar refractivity (Wildman–Crippen MR) is 79.1 cm³/mol. The quantitative estimate of drug-likeness (QED) is 0.829. The maximum atomic E-state index is 11.9. The van der Waals surface area contributed by atoms with Gasteiger partial charge in [-0.2, -0.15) is 23.5 Å². The number of carbonyl (C=O) groups is 1. The van der Waals surface area contributed by atoms with Crippen molar-refractivity contribution in [1.29, 1.82) is 0 Å². The van der Waals surface area contributed by atoms with E-state index in [-0.39, 0.29) is 30.3 Å². The van der Waals surface area contributed by atoms with Crippen molar-refractivity contribution >= 4 is 41.8 Å². The second kappa shape index (κ2) is 7.77. The van der Waals surface area contributed by atoms with Gasteiger partial charge in [-0.05, 0) is 19.3 Å². The van der Waals surface area contributed by atoms with E-state index in [9.17, 15) is 4.79 Å². The molecule has 1 saturated carbocycles. The van der Waals surface area contributed by atoms with Gasteiger partial charge in [0.2, 0.25) is 5.91 Å². The monoisotopic (exact) mass is 296 g/mol. The molecule has 3 N–H and O–H groups in total. The van der Waals surface area contributed by atoms with E-state index in [4.69, 9.17) is 5.73 Å². The highest BCUT2D eigenvalue weighted by Crippen LogP contribution is 2.25. The van der Waals surface area contributed by atoms with Crippen molar-refractivity contribution in [2.45, 2.75) is 30.6 Å². The SMILES string of the molecule is Cl.NC1CCC(C(=O)NCC2CSCCS2)C1. The minimum Gasteiger partial charge on any atom is -0.355 e. The maximum absolute atomic E-state index is 11.9. The van der Waals surface area contributed by atoms with Crippen LogP contribution in [0.25, 0.3) is 0 Å². The van der Waals surface area contributed by atoms with Crippen molar-refractivity contribution in [3.63, 3.8) is 0 Å². The lowest BCUT2D eigenvalue weighted by atomic mass is 10.1. The van der Waals surface area contributed by atoms with Crippen LogP contribution >= 0.6 is 35.9 Å². The predicted octanol–water partition coefficient (Wildman–Crippen LogP) is 1.50. The number of carbonyl (C=O) groups excluding carboxylic acids is 1. The normalized spacial score (nSPS) is 32.9. The van der Waals surface area contributed by atoms with Gasteiger partial charge in [0.15, 0.2) is 0 Å². The van der Waals surface area contributed by atoms with E-state index in [2.05, 4.69) is 5.32 Å². The summed E-state index contributed by atoms with van der Waals surface area (Å²) in [4.78, 5) is 11.9. The Kier molecular flexibility index (Phi) is 7.07. The molecule has 1 amide bonds. The molecule has 2 rings (SSSR count). The summed E-state index contributed by atoms with van der Waals surface area (Å²) in [5.74, 6) is 4.06. The Hall–Kier alpha value is 0.420. The zero-order valence-corrected chi connectivity index (χ0v) is 12.3. The molecule has 0 aromatic rings. The first-order chi connectivity index (χ1) is 7.75. The van der Waals surface area contributed by atoms with Gasteiger partial charge >= 0.3 is 0 Å². The minimum atomic E-state index is 0. The first-order valence-corrected chi connectivity index (χ1v) is 8.18. The molecule has 3 atom stereocenters. The summed E-state index contributed by atoms with van der Waals surface area (Å²) in [6.07, 6.45) is 2.85. The maximum Gasteiger partial charge on any atom is 0.223 e. The lowest BCUT2D eigenvalue weighted by molar-refractivity contribution is -0.124. The molecule has 17 heavy (non-hydrogen) atoms. The summed E-state index contributed by atoms with van der Waals surface area (Å²) in [6, 6.07) is 0.246. The van der Waals surface area contributed by atoms with E-state index < -0.39 is 0 Å². The minimum absolute atomic E-state index is 0. The molecule has 1 aliphatic carbocycles. The highest BCUT2D eigenvalue weighted by atomic mass is 35.5. The van der Waals surface area contributed by atoms with Gasteiger partial charge in [0.25, 0.3) is 0 Å². The molecule has 1 heterocycles. The zero-order valence-electron chi connectivity index (χ0n) is 9.89. The van der Waals surface area contributed by atoms with Gasteiger partial charge in [-0.15, -0.1) is 12.4 Å². The smallest absolute Gasteiger partial charge is 0.223 e. The highest BCUT2D eigenvalue weighted by molar-refractivity contribution is 8.06. The lowest BCUT2D eigenvalue weighted by Gasteiger charge is -2.22. The van der Waals surface area contributed by atoms with Crippen LogP contribution in [0.2, 0.25) is 0 Å². The standard InChI is InChI=1S/C11H20N2OS2.ClH/c12-9-2-1-8(5-9)11(14)13-6-10-7-15-3-4-16-10;/h8-10H,1-7,12H2,(H,13,14);1H. The van der Waals surface area contributed by atoms with E-state index >= 15 is 0 Å². The van der Waals surface area contributed by atoms with Crippen LogP contribution in [0.3, 0.4) is 0 Å². The van der Waals surface area contributed by atoms with Gasteiger partial charge in [0.05, 0.1) is 0 Å². The van der Waals surface area contributed by atoms with Gasteiger partial charge in [0.1, 0.15) is 0 Å². The van der Waals surface area contributed by atoms with Crippen molar-refractivity contribution < 1.29 is 4.79 Å². The molecule has 2 fully saturated rings. The fraction of sp³-hybridized carbons (Fsp3) is 0.909. The molecule has 100 valence electrons. The lowest BCUT2D eigenvalue weighted by Crippen LogP contribution is -2.36. The van der Waals surface area contributed by atoms with E-state index in [1.165, 1.54) is 17.3 Å². The molecule has 3 nitrogen and oxygen atoms in total. The van der Waals surface area contributed by atoms with Crippen LogP contribution in [0.4, 0.5) is 0 Å². The number of amides is 1. The molecule has 1 saturated heterocycles. The number of halogens is 1. The van der Waals surface area contributed by atoms with Crippen LogP contribution in [-0.4, -0.2) is 41.0 Å². The molecule has 6 heteroatoms. The summed E-state index contributed by atoms with van der Waals surface area (Å²) in [5, 5.41) is 3.70. The van der Waals surface area contributed by atoms with Crippen LogP contribution in [0.1, 0.15) is 19.3 Å². The summed E-state index contributed by atoms with van der Waals surface area (Å²) < 4.78 is 0. The summed E-state index contributed by atoms with van der Waals surface area (Å²) in [7, 11) is 0. The zero-order chi connectivity index (χ0) is 11.4. The van der Waals surface area contributed by atoms with Crippen molar-refractivity contribution in [3.05, 3.63) is 0 Å². The molecule has 3 unspecified atom stereocenters. The largest absolute Gasteiger partial charge is 0.355 e. The first-order valence-electron chi connectivity index (χ1n) is 5.98. The molecular formula is C11H21ClN2OS2. The fourth-order valence-electron chi connectivity index (χ4n) is 2.27. The van der Waals surface area contributed by atoms with Gasteiger partial charge in [0, 0.05) is 41.0 Å². The Morgan fingerprint density at radius 3 is 2.76 bits per heavy atom. The van der Waals surface area contributed by atoms with Gasteiger partial charge < -0.3 is 11.1 Å². The molecule has 0 bridgehead atoms. The van der Waals surface area contributed by atoms with E-state index in [1.807, 2.05) is 23.5 Å². The van der Waals surface area contributed by atoms with Crippen LogP contribution in [0.5, 0.6) is 0 Å². The Morgan fingerprint density at radius 1 is 1.35 bits per heavy atom. The van der Waals surface area contributed by atoms with Gasteiger partial charge in [-0.1, -0.05) is 0 Å². The number of hydrogen-bond donors (Lipinski definition) is 2. The average Bonchev–Trinajstić information content (AvgIpc) is 2.74. The van der Waals surface area contributed by atoms with Gasteiger partial charge in [-0.3, -0.25) is 4.79 Å². The number of thioether (sulfide) groups is 2. The molecule has 0 radical (unpaired) electrons. The third kappa shape index (κ3) is 4.89. The van der Waals surface area contributed by atoms with Crippen LogP contribution in [0, 0.1) is 5.92 Å². The number of hydrogen-bond acceptors (Lipinski definition) is 4. The van der Waals surface area contributed by atoms with Crippen molar-refractivity contribution in [2.24, 2.45) is 11.7 Å². The Bertz CT molecular complexity index is 250. The van der Waals surface area contributed by atoms with Crippen molar-refractivity contribution in [2.75, 3.05) is 23.8 Å². The van der Waals surface area contributed by atoms with Crippen molar-refractivity contribution in [1.82, 2.24) is 5.32 Å². The Balaban J connectivity index is 0.00000144. The third-order valence-corrected chi connectivity index (χ3v) is 6.08. The third-order valence-electron chi connectivity index (χ3n) is 3.23. The highest BCUT2D eigenvalue weighted by Gasteiger charge is 2.28.